The van der Waals surface area contributed by atoms with Crippen molar-refractivity contribution in [3.63, 3.8) is 0 Å². The van der Waals surface area contributed by atoms with Gasteiger partial charge in [-0.05, 0) is 40.5 Å². The number of hydrogen-bond donors (Lipinski definition) is 1. The summed E-state index contributed by atoms with van der Waals surface area (Å²) in [5.74, 6) is 0.704. The molecule has 0 fully saturated rings. The number of pyridine rings is 1. The van der Waals surface area contributed by atoms with Crippen molar-refractivity contribution in [3.05, 3.63) is 63.5 Å². The van der Waals surface area contributed by atoms with Crippen LogP contribution in [0.1, 0.15) is 77.3 Å². The molecule has 5 rings (SSSR count). The number of aromatic hydroxyl groups is 1. The molecule has 3 heterocycles. The van der Waals surface area contributed by atoms with Gasteiger partial charge >= 0.3 is 0 Å². The van der Waals surface area contributed by atoms with Crippen molar-refractivity contribution in [2.45, 2.75) is 72.1 Å². The number of phenolic OH excluding ortho intramolecular Hbond substituents is 1. The van der Waals surface area contributed by atoms with Gasteiger partial charge in [-0.2, -0.15) is 0 Å². The van der Waals surface area contributed by atoms with E-state index in [0.29, 0.717) is 16.7 Å². The lowest BCUT2D eigenvalue weighted by atomic mass is 9.79. The van der Waals surface area contributed by atoms with E-state index >= 15 is 0 Å². The van der Waals surface area contributed by atoms with Crippen LogP contribution in [0, 0.1) is 0 Å². The van der Waals surface area contributed by atoms with Crippen LogP contribution in [0.4, 0.5) is 0 Å². The Kier molecular flexibility index (Phi) is 6.41. The minimum Gasteiger partial charge on any atom is -0.507 e. The maximum absolute atomic E-state index is 11.5. The number of benzene rings is 2. The Bertz CT molecular complexity index is 1650. The highest BCUT2D eigenvalue weighted by atomic mass is 35.5. The summed E-state index contributed by atoms with van der Waals surface area (Å²) >= 11 is 10.0. The summed E-state index contributed by atoms with van der Waals surface area (Å²) in [6.07, 6.45) is 0. The second-order valence-electron chi connectivity index (χ2n) is 12.1. The maximum atomic E-state index is 11.5. The smallest absolute Gasteiger partial charge is 0.146 e. The molecule has 0 saturated heterocycles. The van der Waals surface area contributed by atoms with Crippen molar-refractivity contribution in [1.29, 1.82) is 0 Å². The Hall–Kier alpha value is -2.47. The fourth-order valence-electron chi connectivity index (χ4n) is 4.57. The highest BCUT2D eigenvalue weighted by Gasteiger charge is 2.28. The van der Waals surface area contributed by atoms with Gasteiger partial charge in [0, 0.05) is 32.0 Å². The van der Waals surface area contributed by atoms with Gasteiger partial charge in [-0.3, -0.25) is 0 Å². The third-order valence-electron chi connectivity index (χ3n) is 6.78. The average Bonchev–Trinajstić information content (AvgIpc) is 3.40. The largest absolute Gasteiger partial charge is 0.507 e. The summed E-state index contributed by atoms with van der Waals surface area (Å²) in [5.41, 5.74) is 5.36. The molecular weight excluding hydrogens is 516 g/mol. The minimum atomic E-state index is -0.215. The summed E-state index contributed by atoms with van der Waals surface area (Å²) in [7, 11) is 0. The van der Waals surface area contributed by atoms with E-state index in [1.807, 2.05) is 18.2 Å². The SMILES string of the molecule is CC(C)c1cc2c(-c3ccccc3Cl)c3nc(-c4cc(C(C)(C)C)cc(C(C)(C)C)c4O)sc3nc2s1. The van der Waals surface area contributed by atoms with Crippen LogP contribution in [0.5, 0.6) is 5.75 Å². The normalized spacial score (nSPS) is 12.8. The molecule has 37 heavy (non-hydrogen) atoms. The lowest BCUT2D eigenvalue weighted by Gasteiger charge is -2.27. The molecule has 0 saturated carbocycles. The van der Waals surface area contributed by atoms with Crippen molar-refractivity contribution < 1.29 is 5.11 Å². The van der Waals surface area contributed by atoms with Gasteiger partial charge in [0.1, 0.15) is 25.9 Å². The fourth-order valence-corrected chi connectivity index (χ4v) is 6.87. The molecule has 0 aliphatic rings. The van der Waals surface area contributed by atoms with Crippen LogP contribution in [0.15, 0.2) is 42.5 Å². The monoisotopic (exact) mass is 548 g/mol. The molecule has 0 aliphatic heterocycles. The first kappa shape index (κ1) is 26.1. The molecular formula is C31H33ClN2OS2. The van der Waals surface area contributed by atoms with E-state index in [4.69, 9.17) is 21.6 Å². The maximum Gasteiger partial charge on any atom is 0.146 e. The molecule has 2 aromatic carbocycles. The Morgan fingerprint density at radius 1 is 0.838 bits per heavy atom. The summed E-state index contributed by atoms with van der Waals surface area (Å²) in [5, 5.41) is 14.0. The number of thiophene rings is 1. The molecule has 0 spiro atoms. The van der Waals surface area contributed by atoms with Gasteiger partial charge in [0.15, 0.2) is 0 Å². The van der Waals surface area contributed by atoms with Gasteiger partial charge < -0.3 is 5.11 Å². The van der Waals surface area contributed by atoms with E-state index in [2.05, 4.69) is 79.7 Å². The Balaban J connectivity index is 1.85. The number of phenols is 1. The molecule has 0 bridgehead atoms. The van der Waals surface area contributed by atoms with Crippen LogP contribution in [0.2, 0.25) is 5.02 Å². The highest BCUT2D eigenvalue weighted by Crippen LogP contribution is 2.47. The molecule has 3 aromatic heterocycles. The van der Waals surface area contributed by atoms with Crippen LogP contribution in [-0.4, -0.2) is 15.1 Å². The van der Waals surface area contributed by atoms with Crippen LogP contribution in [0.25, 0.3) is 42.3 Å². The second-order valence-corrected chi connectivity index (χ2v) is 14.5. The number of rotatable bonds is 3. The van der Waals surface area contributed by atoms with E-state index < -0.39 is 0 Å². The highest BCUT2D eigenvalue weighted by molar-refractivity contribution is 7.22. The number of nitrogens with zero attached hydrogens (tertiary/aromatic N) is 2. The zero-order valence-electron chi connectivity index (χ0n) is 22.7. The lowest BCUT2D eigenvalue weighted by Crippen LogP contribution is -2.17. The summed E-state index contributed by atoms with van der Waals surface area (Å²) in [4.78, 5) is 13.4. The third-order valence-corrected chi connectivity index (χ3v) is 9.42. The lowest BCUT2D eigenvalue weighted by molar-refractivity contribution is 0.446. The quantitative estimate of drug-likeness (QED) is 0.244. The van der Waals surface area contributed by atoms with E-state index in [0.717, 1.165) is 47.8 Å². The van der Waals surface area contributed by atoms with Crippen LogP contribution < -0.4 is 0 Å². The third kappa shape index (κ3) is 4.67. The van der Waals surface area contributed by atoms with Crippen molar-refractivity contribution in [2.24, 2.45) is 0 Å². The topological polar surface area (TPSA) is 46.0 Å². The first-order valence-corrected chi connectivity index (χ1v) is 14.6. The van der Waals surface area contributed by atoms with E-state index in [-0.39, 0.29) is 10.8 Å². The van der Waals surface area contributed by atoms with E-state index in [9.17, 15) is 5.11 Å². The Morgan fingerprint density at radius 2 is 1.54 bits per heavy atom. The zero-order chi connectivity index (χ0) is 26.9. The van der Waals surface area contributed by atoms with Gasteiger partial charge in [-0.15, -0.1) is 11.3 Å². The van der Waals surface area contributed by atoms with Gasteiger partial charge in [-0.1, -0.05) is 103 Å². The van der Waals surface area contributed by atoms with Gasteiger partial charge in [0.05, 0.1) is 5.56 Å². The Labute approximate surface area is 232 Å². The molecule has 5 aromatic rings. The summed E-state index contributed by atoms with van der Waals surface area (Å²) < 4.78 is 0. The molecule has 0 aliphatic carbocycles. The predicted octanol–water partition coefficient (Wildman–Crippen LogP) is 10.3. The van der Waals surface area contributed by atoms with Crippen molar-refractivity contribution >= 4 is 54.8 Å². The second kappa shape index (κ2) is 9.07. The van der Waals surface area contributed by atoms with Crippen molar-refractivity contribution in [3.8, 4) is 27.4 Å². The van der Waals surface area contributed by atoms with E-state index in [1.54, 1.807) is 11.3 Å². The Morgan fingerprint density at radius 3 is 2.16 bits per heavy atom. The molecule has 6 heteroatoms. The standard InChI is InChI=1S/C31H33ClN2OS2/c1-16(2)23-15-19-24(18-11-9-10-12-22(18)32)25-29(34-27(19)36-23)37-28(33-25)20-13-17(30(3,4)5)14-21(26(20)35)31(6,7)8/h9-16,35H,1-8H3. The fraction of sp³-hybridized carbons (Fsp3) is 0.355. The summed E-state index contributed by atoms with van der Waals surface area (Å²) in [6, 6.07) is 14.4. The molecule has 0 unspecified atom stereocenters. The number of halogens is 1. The van der Waals surface area contributed by atoms with Crippen molar-refractivity contribution in [2.75, 3.05) is 0 Å². The summed E-state index contributed by atoms with van der Waals surface area (Å²) in [6.45, 7) is 17.4. The number of fused-ring (bicyclic) bond motifs is 2. The minimum absolute atomic E-state index is 0.0735. The van der Waals surface area contributed by atoms with Gasteiger partial charge in [0.25, 0.3) is 0 Å². The number of hydrogen-bond acceptors (Lipinski definition) is 5. The average molecular weight is 549 g/mol. The van der Waals surface area contributed by atoms with Crippen LogP contribution >= 0.6 is 34.3 Å². The van der Waals surface area contributed by atoms with Crippen molar-refractivity contribution in [1.82, 2.24) is 9.97 Å². The molecule has 1 N–H and O–H groups in total. The molecule has 0 radical (unpaired) electrons. The first-order valence-electron chi connectivity index (χ1n) is 12.6. The number of thiazole rings is 1. The first-order chi connectivity index (χ1) is 17.3. The van der Waals surface area contributed by atoms with Crippen LogP contribution in [0.3, 0.4) is 0 Å². The predicted molar refractivity (Wildman–Crippen MR) is 162 cm³/mol. The zero-order valence-corrected chi connectivity index (χ0v) is 25.0. The molecule has 0 atom stereocenters. The molecule has 0 amide bonds. The number of aromatic nitrogens is 2. The molecule has 3 nitrogen and oxygen atoms in total. The van der Waals surface area contributed by atoms with Crippen LogP contribution in [-0.2, 0) is 10.8 Å². The van der Waals surface area contributed by atoms with Gasteiger partial charge in [0.2, 0.25) is 0 Å². The molecule has 192 valence electrons. The van der Waals surface area contributed by atoms with E-state index in [1.165, 1.54) is 21.8 Å². The van der Waals surface area contributed by atoms with Gasteiger partial charge in [-0.25, -0.2) is 9.97 Å².